The van der Waals surface area contributed by atoms with Gasteiger partial charge in [-0.25, -0.2) is 4.98 Å². The highest BCUT2D eigenvalue weighted by atomic mass is 35.5. The largest absolute Gasteiger partial charge is 0.439 e. The molecule has 0 aliphatic carbocycles. The summed E-state index contributed by atoms with van der Waals surface area (Å²) in [7, 11) is 0. The number of nitrogens with one attached hydrogen (secondary N) is 1. The highest BCUT2D eigenvalue weighted by Gasteiger charge is 2.07. The molecule has 3 rings (SSSR count). The maximum atomic E-state index is 12.3. The number of rotatable bonds is 6. The van der Waals surface area contributed by atoms with E-state index in [1.807, 2.05) is 36.4 Å². The molecule has 1 amide bonds. The topological polar surface area (TPSA) is 51.2 Å². The Balaban J connectivity index is 1.56. The SMILES string of the molecule is O=C(NCCc1ccc(Cl)cc1)c1cccc(Oc2ccccn2)c1. The van der Waals surface area contributed by atoms with E-state index in [9.17, 15) is 4.79 Å². The predicted molar refractivity (Wildman–Crippen MR) is 98.2 cm³/mol. The van der Waals surface area contributed by atoms with Gasteiger partial charge in [0.25, 0.3) is 5.91 Å². The average Bonchev–Trinajstić information content (AvgIpc) is 2.64. The summed E-state index contributed by atoms with van der Waals surface area (Å²) in [5.41, 5.74) is 1.67. The number of halogens is 1. The van der Waals surface area contributed by atoms with Crippen molar-refractivity contribution >= 4 is 17.5 Å². The monoisotopic (exact) mass is 352 g/mol. The number of pyridine rings is 1. The fourth-order valence-corrected chi connectivity index (χ4v) is 2.43. The second kappa shape index (κ2) is 8.31. The summed E-state index contributed by atoms with van der Waals surface area (Å²) in [5.74, 6) is 0.923. The summed E-state index contributed by atoms with van der Waals surface area (Å²) >= 11 is 5.86. The Bertz CT molecular complexity index is 836. The van der Waals surface area contributed by atoms with Gasteiger partial charge in [0, 0.05) is 29.4 Å². The van der Waals surface area contributed by atoms with Gasteiger partial charge in [-0.3, -0.25) is 4.79 Å². The van der Waals surface area contributed by atoms with E-state index < -0.39 is 0 Å². The molecular formula is C20H17ClN2O2. The maximum absolute atomic E-state index is 12.3. The van der Waals surface area contributed by atoms with Gasteiger partial charge in [-0.1, -0.05) is 35.9 Å². The molecule has 0 saturated heterocycles. The zero-order valence-corrected chi connectivity index (χ0v) is 14.2. The number of nitrogens with zero attached hydrogens (tertiary/aromatic N) is 1. The molecule has 0 fully saturated rings. The molecule has 1 heterocycles. The average molecular weight is 353 g/mol. The van der Waals surface area contributed by atoms with Crippen molar-refractivity contribution in [1.29, 1.82) is 0 Å². The highest BCUT2D eigenvalue weighted by Crippen LogP contribution is 2.20. The molecule has 25 heavy (non-hydrogen) atoms. The molecule has 0 saturated carbocycles. The Morgan fingerprint density at radius 1 is 1.04 bits per heavy atom. The Morgan fingerprint density at radius 2 is 1.88 bits per heavy atom. The van der Waals surface area contributed by atoms with E-state index in [1.54, 1.807) is 36.5 Å². The second-order valence-electron chi connectivity index (χ2n) is 5.43. The molecule has 2 aromatic carbocycles. The lowest BCUT2D eigenvalue weighted by Gasteiger charge is -2.08. The first-order chi connectivity index (χ1) is 12.2. The lowest BCUT2D eigenvalue weighted by molar-refractivity contribution is 0.0954. The van der Waals surface area contributed by atoms with Crippen LogP contribution in [0.25, 0.3) is 0 Å². The van der Waals surface area contributed by atoms with E-state index in [4.69, 9.17) is 16.3 Å². The highest BCUT2D eigenvalue weighted by molar-refractivity contribution is 6.30. The van der Waals surface area contributed by atoms with Gasteiger partial charge in [-0.05, 0) is 48.4 Å². The van der Waals surface area contributed by atoms with Crippen molar-refractivity contribution in [1.82, 2.24) is 10.3 Å². The molecule has 0 unspecified atom stereocenters. The van der Waals surface area contributed by atoms with Gasteiger partial charge < -0.3 is 10.1 Å². The fourth-order valence-electron chi connectivity index (χ4n) is 2.30. The van der Waals surface area contributed by atoms with Crippen LogP contribution in [0, 0.1) is 0 Å². The number of carbonyl (C=O) groups excluding carboxylic acids is 1. The minimum atomic E-state index is -0.138. The zero-order chi connectivity index (χ0) is 17.5. The quantitative estimate of drug-likeness (QED) is 0.710. The van der Waals surface area contributed by atoms with Crippen molar-refractivity contribution in [2.24, 2.45) is 0 Å². The summed E-state index contributed by atoms with van der Waals surface area (Å²) in [5, 5.41) is 3.62. The molecule has 0 radical (unpaired) electrons. The molecule has 0 spiro atoms. The van der Waals surface area contributed by atoms with Crippen LogP contribution in [0.4, 0.5) is 0 Å². The molecule has 4 nitrogen and oxygen atoms in total. The van der Waals surface area contributed by atoms with Crippen molar-refractivity contribution in [3.8, 4) is 11.6 Å². The summed E-state index contributed by atoms with van der Waals surface area (Å²) < 4.78 is 5.65. The van der Waals surface area contributed by atoms with Gasteiger partial charge in [-0.15, -0.1) is 0 Å². The second-order valence-corrected chi connectivity index (χ2v) is 5.87. The third-order valence-electron chi connectivity index (χ3n) is 3.57. The van der Waals surface area contributed by atoms with Crippen molar-refractivity contribution in [2.75, 3.05) is 6.54 Å². The number of hydrogen-bond acceptors (Lipinski definition) is 3. The van der Waals surface area contributed by atoms with Crippen LogP contribution in [0.2, 0.25) is 5.02 Å². The first-order valence-corrected chi connectivity index (χ1v) is 8.30. The Hall–Kier alpha value is -2.85. The van der Waals surface area contributed by atoms with Crippen LogP contribution < -0.4 is 10.1 Å². The van der Waals surface area contributed by atoms with E-state index in [0.29, 0.717) is 28.8 Å². The van der Waals surface area contributed by atoms with Gasteiger partial charge in [0.2, 0.25) is 5.88 Å². The van der Waals surface area contributed by atoms with Crippen LogP contribution in [0.5, 0.6) is 11.6 Å². The summed E-state index contributed by atoms with van der Waals surface area (Å²) in [4.78, 5) is 16.4. The van der Waals surface area contributed by atoms with Crippen molar-refractivity contribution in [2.45, 2.75) is 6.42 Å². The molecule has 126 valence electrons. The molecule has 0 aliphatic rings. The van der Waals surface area contributed by atoms with Crippen LogP contribution in [0.1, 0.15) is 15.9 Å². The molecule has 0 aliphatic heterocycles. The van der Waals surface area contributed by atoms with E-state index in [1.165, 1.54) is 0 Å². The lowest BCUT2D eigenvalue weighted by atomic mass is 10.1. The number of hydrogen-bond donors (Lipinski definition) is 1. The van der Waals surface area contributed by atoms with Gasteiger partial charge in [-0.2, -0.15) is 0 Å². The molecule has 0 bridgehead atoms. The third kappa shape index (κ3) is 5.06. The third-order valence-corrected chi connectivity index (χ3v) is 3.82. The zero-order valence-electron chi connectivity index (χ0n) is 13.5. The van der Waals surface area contributed by atoms with Crippen molar-refractivity contribution in [3.63, 3.8) is 0 Å². The van der Waals surface area contributed by atoms with E-state index in [0.717, 1.165) is 12.0 Å². The van der Waals surface area contributed by atoms with Crippen LogP contribution in [0.15, 0.2) is 72.9 Å². The van der Waals surface area contributed by atoms with Crippen LogP contribution >= 0.6 is 11.6 Å². The summed E-state index contributed by atoms with van der Waals surface area (Å²) in [6, 6.07) is 20.0. The van der Waals surface area contributed by atoms with Crippen LogP contribution in [-0.2, 0) is 6.42 Å². The molecule has 3 aromatic rings. The minimum Gasteiger partial charge on any atom is -0.439 e. The Morgan fingerprint density at radius 3 is 2.64 bits per heavy atom. The van der Waals surface area contributed by atoms with Crippen LogP contribution in [0.3, 0.4) is 0 Å². The van der Waals surface area contributed by atoms with Gasteiger partial charge >= 0.3 is 0 Å². The normalized spacial score (nSPS) is 10.3. The molecular weight excluding hydrogens is 336 g/mol. The number of benzene rings is 2. The number of aromatic nitrogens is 1. The van der Waals surface area contributed by atoms with E-state index >= 15 is 0 Å². The first kappa shape index (κ1) is 17.0. The van der Waals surface area contributed by atoms with Gasteiger partial charge in [0.1, 0.15) is 5.75 Å². The minimum absolute atomic E-state index is 0.138. The number of carbonyl (C=O) groups is 1. The van der Waals surface area contributed by atoms with E-state index in [-0.39, 0.29) is 5.91 Å². The fraction of sp³-hybridized carbons (Fsp3) is 0.100. The maximum Gasteiger partial charge on any atom is 0.251 e. The smallest absolute Gasteiger partial charge is 0.251 e. The Labute approximate surface area is 151 Å². The lowest BCUT2D eigenvalue weighted by Crippen LogP contribution is -2.25. The predicted octanol–water partition coefficient (Wildman–Crippen LogP) is 4.50. The summed E-state index contributed by atoms with van der Waals surface area (Å²) in [6.07, 6.45) is 2.40. The first-order valence-electron chi connectivity index (χ1n) is 7.92. The number of ether oxygens (including phenoxy) is 1. The molecule has 1 N–H and O–H groups in total. The molecule has 5 heteroatoms. The molecule has 0 atom stereocenters. The van der Waals surface area contributed by atoms with Crippen LogP contribution in [-0.4, -0.2) is 17.4 Å². The van der Waals surface area contributed by atoms with Crippen molar-refractivity contribution in [3.05, 3.63) is 89.1 Å². The van der Waals surface area contributed by atoms with Crippen molar-refractivity contribution < 1.29 is 9.53 Å². The molecule has 1 aromatic heterocycles. The summed E-state index contributed by atoms with van der Waals surface area (Å²) in [6.45, 7) is 0.547. The van der Waals surface area contributed by atoms with Gasteiger partial charge in [0.15, 0.2) is 0 Å². The Kier molecular flexibility index (Phi) is 5.65. The standard InChI is InChI=1S/C20H17ClN2O2/c21-17-9-7-15(8-10-17)11-13-23-20(24)16-4-3-5-18(14-16)25-19-6-1-2-12-22-19/h1-10,12,14H,11,13H2,(H,23,24). The van der Waals surface area contributed by atoms with Gasteiger partial charge in [0.05, 0.1) is 0 Å². The van der Waals surface area contributed by atoms with E-state index in [2.05, 4.69) is 10.3 Å². The number of amides is 1.